The number of amides is 1. The molecule has 0 bridgehead atoms. The van der Waals surface area contributed by atoms with E-state index in [-0.39, 0.29) is 5.91 Å². The number of nitrogens with two attached hydrogens (primary N) is 1. The van der Waals surface area contributed by atoms with Crippen molar-refractivity contribution in [3.8, 4) is 0 Å². The van der Waals surface area contributed by atoms with Gasteiger partial charge in [-0.25, -0.2) is 0 Å². The molecular formula is C16H36N4O. The molecule has 0 aromatic heterocycles. The smallest absolute Gasteiger partial charge is 0.237 e. The van der Waals surface area contributed by atoms with Crippen LogP contribution in [0.3, 0.4) is 0 Å². The van der Waals surface area contributed by atoms with E-state index in [1.807, 2.05) is 6.92 Å². The zero-order valence-electron chi connectivity index (χ0n) is 14.9. The molecule has 0 saturated carbocycles. The molecule has 5 nitrogen and oxygen atoms in total. The van der Waals surface area contributed by atoms with E-state index in [1.54, 1.807) is 0 Å². The quantitative estimate of drug-likeness (QED) is 0.570. The van der Waals surface area contributed by atoms with E-state index in [9.17, 15) is 4.79 Å². The third-order valence-corrected chi connectivity index (χ3v) is 4.09. The van der Waals surface area contributed by atoms with Crippen LogP contribution in [0.25, 0.3) is 0 Å². The summed E-state index contributed by atoms with van der Waals surface area (Å²) in [5.74, 6) is -0.250. The van der Waals surface area contributed by atoms with Gasteiger partial charge in [-0.15, -0.1) is 0 Å². The van der Waals surface area contributed by atoms with Gasteiger partial charge in [-0.2, -0.15) is 0 Å². The van der Waals surface area contributed by atoms with Gasteiger partial charge in [0.2, 0.25) is 5.91 Å². The van der Waals surface area contributed by atoms with Crippen molar-refractivity contribution in [3.63, 3.8) is 0 Å². The third-order valence-electron chi connectivity index (χ3n) is 4.09. The average molecular weight is 300 g/mol. The molecule has 1 amide bonds. The molecule has 5 heteroatoms. The Morgan fingerprint density at radius 3 is 2.38 bits per heavy atom. The summed E-state index contributed by atoms with van der Waals surface area (Å²) in [5, 5.41) is 3.30. The van der Waals surface area contributed by atoms with Gasteiger partial charge >= 0.3 is 0 Å². The Kier molecular flexibility index (Phi) is 9.83. The van der Waals surface area contributed by atoms with Gasteiger partial charge in [0.1, 0.15) is 0 Å². The molecule has 0 rings (SSSR count). The Bertz CT molecular complexity index is 296. The fraction of sp³-hybridized carbons (Fsp3) is 0.938. The molecule has 0 aliphatic rings. The molecule has 21 heavy (non-hydrogen) atoms. The summed E-state index contributed by atoms with van der Waals surface area (Å²) in [7, 11) is 4.20. The minimum absolute atomic E-state index is 0.250. The molecule has 3 N–H and O–H groups in total. The molecule has 2 atom stereocenters. The number of primary amides is 1. The minimum atomic E-state index is -0.583. The van der Waals surface area contributed by atoms with Crippen LogP contribution in [0.5, 0.6) is 0 Å². The fourth-order valence-corrected chi connectivity index (χ4v) is 2.67. The van der Waals surface area contributed by atoms with E-state index in [2.05, 4.69) is 50.0 Å². The van der Waals surface area contributed by atoms with Crippen LogP contribution in [0.1, 0.15) is 47.0 Å². The van der Waals surface area contributed by atoms with Gasteiger partial charge in [0.25, 0.3) is 0 Å². The maximum atomic E-state index is 11.7. The molecule has 0 radical (unpaired) electrons. The molecule has 0 aliphatic heterocycles. The number of hydrogen-bond donors (Lipinski definition) is 2. The highest BCUT2D eigenvalue weighted by atomic mass is 16.1. The topological polar surface area (TPSA) is 61.6 Å². The number of nitrogens with zero attached hydrogens (tertiary/aromatic N) is 2. The molecule has 126 valence electrons. The predicted molar refractivity (Wildman–Crippen MR) is 90.4 cm³/mol. The molecule has 0 aromatic carbocycles. The summed E-state index contributed by atoms with van der Waals surface area (Å²) in [6.45, 7) is 12.4. The van der Waals surface area contributed by atoms with Crippen molar-refractivity contribution < 1.29 is 4.79 Å². The van der Waals surface area contributed by atoms with E-state index in [0.717, 1.165) is 45.4 Å². The van der Waals surface area contributed by atoms with Gasteiger partial charge in [0.05, 0.1) is 5.54 Å². The van der Waals surface area contributed by atoms with Crippen LogP contribution in [0, 0.1) is 0 Å². The van der Waals surface area contributed by atoms with E-state index in [1.165, 1.54) is 0 Å². The van der Waals surface area contributed by atoms with Crippen molar-refractivity contribution in [1.82, 2.24) is 15.1 Å². The van der Waals surface area contributed by atoms with Gasteiger partial charge in [0, 0.05) is 12.6 Å². The number of carbonyl (C=O) groups is 1. The Morgan fingerprint density at radius 2 is 1.95 bits per heavy atom. The van der Waals surface area contributed by atoms with Gasteiger partial charge in [-0.05, 0) is 66.8 Å². The molecule has 0 fully saturated rings. The average Bonchev–Trinajstić information content (AvgIpc) is 2.40. The van der Waals surface area contributed by atoms with Crippen LogP contribution in [0.2, 0.25) is 0 Å². The lowest BCUT2D eigenvalue weighted by Crippen LogP contribution is -2.53. The van der Waals surface area contributed by atoms with Crippen LogP contribution in [-0.4, -0.2) is 67.6 Å². The molecular weight excluding hydrogens is 264 g/mol. The predicted octanol–water partition coefficient (Wildman–Crippen LogP) is 1.28. The van der Waals surface area contributed by atoms with Gasteiger partial charge in [0.15, 0.2) is 0 Å². The van der Waals surface area contributed by atoms with Crippen LogP contribution >= 0.6 is 0 Å². The first-order valence-corrected chi connectivity index (χ1v) is 8.20. The second-order valence-corrected chi connectivity index (χ2v) is 6.47. The molecule has 0 aliphatic carbocycles. The highest BCUT2D eigenvalue weighted by molar-refractivity contribution is 5.84. The first-order chi connectivity index (χ1) is 9.76. The Balaban J connectivity index is 4.36. The Labute approximate surface area is 131 Å². The first-order valence-electron chi connectivity index (χ1n) is 8.20. The van der Waals surface area contributed by atoms with Crippen LogP contribution < -0.4 is 11.1 Å². The summed E-state index contributed by atoms with van der Waals surface area (Å²) in [6.07, 6.45) is 2.76. The molecule has 0 aromatic rings. The number of carbonyl (C=O) groups excluding carboxylic acids is 1. The van der Waals surface area contributed by atoms with E-state index in [0.29, 0.717) is 6.04 Å². The molecule has 2 unspecified atom stereocenters. The standard InChI is InChI=1S/C16H36N4O/c1-7-11-18-16(4,15(17)21)10-9-12-20(8-2)14(3)13-19(5)6/h14,18H,7-13H2,1-6H3,(H2,17,21). The first kappa shape index (κ1) is 20.3. The highest BCUT2D eigenvalue weighted by Gasteiger charge is 2.29. The van der Waals surface area contributed by atoms with Crippen molar-refractivity contribution in [3.05, 3.63) is 0 Å². The number of likely N-dealkylation sites (N-methyl/N-ethyl adjacent to an activating group) is 2. The monoisotopic (exact) mass is 300 g/mol. The van der Waals surface area contributed by atoms with Gasteiger partial charge in [-0.1, -0.05) is 13.8 Å². The van der Waals surface area contributed by atoms with Crippen molar-refractivity contribution >= 4 is 5.91 Å². The summed E-state index contributed by atoms with van der Waals surface area (Å²) >= 11 is 0. The van der Waals surface area contributed by atoms with Crippen molar-refractivity contribution in [1.29, 1.82) is 0 Å². The summed E-state index contributed by atoms with van der Waals surface area (Å²) in [6, 6.07) is 0.522. The molecule has 0 saturated heterocycles. The summed E-state index contributed by atoms with van der Waals surface area (Å²) < 4.78 is 0. The Morgan fingerprint density at radius 1 is 1.33 bits per heavy atom. The van der Waals surface area contributed by atoms with Crippen molar-refractivity contribution in [2.75, 3.05) is 40.3 Å². The lowest BCUT2D eigenvalue weighted by atomic mass is 9.94. The maximum absolute atomic E-state index is 11.7. The number of hydrogen-bond acceptors (Lipinski definition) is 4. The number of nitrogens with one attached hydrogen (secondary N) is 1. The molecule has 0 spiro atoms. The minimum Gasteiger partial charge on any atom is -0.368 e. The van der Waals surface area contributed by atoms with Crippen molar-refractivity contribution in [2.45, 2.75) is 58.5 Å². The lowest BCUT2D eigenvalue weighted by molar-refractivity contribution is -0.124. The van der Waals surface area contributed by atoms with E-state index < -0.39 is 5.54 Å². The maximum Gasteiger partial charge on any atom is 0.237 e. The zero-order chi connectivity index (χ0) is 16.5. The SMILES string of the molecule is CCCNC(C)(CCCN(CC)C(C)CN(C)C)C(N)=O. The third kappa shape index (κ3) is 7.79. The fourth-order valence-electron chi connectivity index (χ4n) is 2.67. The molecule has 0 heterocycles. The van der Waals surface area contributed by atoms with E-state index >= 15 is 0 Å². The van der Waals surface area contributed by atoms with Gasteiger partial charge < -0.3 is 16.0 Å². The van der Waals surface area contributed by atoms with Gasteiger partial charge in [-0.3, -0.25) is 9.69 Å². The second-order valence-electron chi connectivity index (χ2n) is 6.47. The second kappa shape index (κ2) is 10.1. The zero-order valence-corrected chi connectivity index (χ0v) is 14.9. The number of rotatable bonds is 12. The van der Waals surface area contributed by atoms with E-state index in [4.69, 9.17) is 5.73 Å². The summed E-state index contributed by atoms with van der Waals surface area (Å²) in [5.41, 5.74) is 4.98. The van der Waals surface area contributed by atoms with Crippen LogP contribution in [-0.2, 0) is 4.79 Å². The van der Waals surface area contributed by atoms with Crippen molar-refractivity contribution in [2.24, 2.45) is 5.73 Å². The normalized spacial score (nSPS) is 16.2. The Hall–Kier alpha value is -0.650. The highest BCUT2D eigenvalue weighted by Crippen LogP contribution is 2.13. The largest absolute Gasteiger partial charge is 0.368 e. The van der Waals surface area contributed by atoms with Crippen LogP contribution in [0.15, 0.2) is 0 Å². The lowest BCUT2D eigenvalue weighted by Gasteiger charge is -2.32. The van der Waals surface area contributed by atoms with Crippen LogP contribution in [0.4, 0.5) is 0 Å². The summed E-state index contributed by atoms with van der Waals surface area (Å²) in [4.78, 5) is 16.4.